The Labute approximate surface area is 127 Å². The third-order valence-electron chi connectivity index (χ3n) is 4.04. The molecule has 2 heterocycles. The quantitative estimate of drug-likeness (QED) is 0.780. The zero-order chi connectivity index (χ0) is 15.7. The van der Waals surface area contributed by atoms with Crippen LogP contribution < -0.4 is 4.72 Å². The van der Waals surface area contributed by atoms with Gasteiger partial charge in [0.15, 0.2) is 0 Å². The molecule has 124 valence electrons. The summed E-state index contributed by atoms with van der Waals surface area (Å²) < 4.78 is 53.5. The monoisotopic (exact) mass is 339 g/mol. The molecule has 2 aliphatic rings. The van der Waals surface area contributed by atoms with E-state index in [-0.39, 0.29) is 12.6 Å². The average molecular weight is 339 g/mol. The fraction of sp³-hybridized carbons (Fsp3) is 1.00. The van der Waals surface area contributed by atoms with Gasteiger partial charge >= 0.3 is 0 Å². The molecule has 0 unspecified atom stereocenters. The largest absolute Gasteiger partial charge is 0.282 e. The first-order valence-electron chi connectivity index (χ1n) is 7.41. The van der Waals surface area contributed by atoms with Crippen LogP contribution in [0.4, 0.5) is 0 Å². The fourth-order valence-electron chi connectivity index (χ4n) is 3.07. The van der Waals surface area contributed by atoms with Gasteiger partial charge in [-0.2, -0.15) is 17.0 Å². The fourth-order valence-corrected chi connectivity index (χ4v) is 5.73. The molecule has 0 spiro atoms. The zero-order valence-electron chi connectivity index (χ0n) is 12.7. The molecule has 2 atom stereocenters. The minimum Gasteiger partial charge on any atom is -0.213 e. The second-order valence-electron chi connectivity index (χ2n) is 6.20. The lowest BCUT2D eigenvalue weighted by Gasteiger charge is -2.38. The lowest BCUT2D eigenvalue weighted by molar-refractivity contribution is 0.237. The summed E-state index contributed by atoms with van der Waals surface area (Å²) in [6, 6.07) is -0.328. The Morgan fingerprint density at radius 3 is 2.10 bits per heavy atom. The molecule has 9 heteroatoms. The van der Waals surface area contributed by atoms with E-state index in [4.69, 9.17) is 0 Å². The number of rotatable bonds is 4. The number of hydrogen-bond acceptors (Lipinski definition) is 4. The lowest BCUT2D eigenvalue weighted by Crippen LogP contribution is -2.54. The standard InChI is InChI=1S/C12H25N3O4S2/c1-11-5-3-7-14(9-11)21(18,19)15-8-4-6-12(10-15)13-20(2,16)17/h11-13H,3-10H2,1-2H3/t11-,12-/m1/s1. The molecule has 2 aliphatic heterocycles. The molecule has 0 bridgehead atoms. The van der Waals surface area contributed by atoms with Crippen molar-refractivity contribution < 1.29 is 16.8 Å². The lowest BCUT2D eigenvalue weighted by atomic mass is 10.0. The summed E-state index contributed by atoms with van der Waals surface area (Å²) in [5, 5.41) is 0. The highest BCUT2D eigenvalue weighted by molar-refractivity contribution is 7.88. The van der Waals surface area contributed by atoms with Crippen molar-refractivity contribution in [1.82, 2.24) is 13.3 Å². The summed E-state index contributed by atoms with van der Waals surface area (Å²) >= 11 is 0. The van der Waals surface area contributed by atoms with Crippen LogP contribution in [0.15, 0.2) is 0 Å². The molecule has 2 rings (SSSR count). The molecular formula is C12H25N3O4S2. The summed E-state index contributed by atoms with van der Waals surface area (Å²) in [5.74, 6) is 0.378. The normalized spacial score (nSPS) is 30.4. The summed E-state index contributed by atoms with van der Waals surface area (Å²) in [6.07, 6.45) is 4.40. The van der Waals surface area contributed by atoms with Gasteiger partial charge in [-0.15, -0.1) is 0 Å². The number of piperidine rings is 2. The van der Waals surface area contributed by atoms with Crippen LogP contribution in [0.5, 0.6) is 0 Å². The van der Waals surface area contributed by atoms with E-state index in [0.29, 0.717) is 38.4 Å². The van der Waals surface area contributed by atoms with Crippen LogP contribution in [0.2, 0.25) is 0 Å². The Morgan fingerprint density at radius 1 is 0.952 bits per heavy atom. The Kier molecular flexibility index (Phi) is 5.30. The highest BCUT2D eigenvalue weighted by atomic mass is 32.2. The maximum atomic E-state index is 12.7. The zero-order valence-corrected chi connectivity index (χ0v) is 14.3. The molecule has 2 saturated heterocycles. The number of hydrogen-bond donors (Lipinski definition) is 1. The van der Waals surface area contributed by atoms with Crippen molar-refractivity contribution in [2.75, 3.05) is 32.4 Å². The summed E-state index contributed by atoms with van der Waals surface area (Å²) in [4.78, 5) is 0. The molecule has 0 radical (unpaired) electrons. The van der Waals surface area contributed by atoms with E-state index in [1.165, 1.54) is 4.31 Å². The van der Waals surface area contributed by atoms with Gasteiger partial charge in [0.05, 0.1) is 6.26 Å². The minimum absolute atomic E-state index is 0.223. The van der Waals surface area contributed by atoms with E-state index in [1.807, 2.05) is 0 Å². The number of nitrogens with zero attached hydrogens (tertiary/aromatic N) is 2. The van der Waals surface area contributed by atoms with Crippen LogP contribution in [0.25, 0.3) is 0 Å². The van der Waals surface area contributed by atoms with E-state index in [9.17, 15) is 16.8 Å². The average Bonchev–Trinajstić information content (AvgIpc) is 2.37. The smallest absolute Gasteiger partial charge is 0.213 e. The van der Waals surface area contributed by atoms with Gasteiger partial charge in [-0.1, -0.05) is 6.92 Å². The molecule has 0 aromatic carbocycles. The van der Waals surface area contributed by atoms with Crippen molar-refractivity contribution in [1.29, 1.82) is 0 Å². The van der Waals surface area contributed by atoms with Crippen LogP contribution in [-0.4, -0.2) is 63.9 Å². The Morgan fingerprint density at radius 2 is 1.52 bits per heavy atom. The van der Waals surface area contributed by atoms with Crippen molar-refractivity contribution in [3.8, 4) is 0 Å². The van der Waals surface area contributed by atoms with Crippen molar-refractivity contribution in [3.63, 3.8) is 0 Å². The topological polar surface area (TPSA) is 86.8 Å². The summed E-state index contributed by atoms with van der Waals surface area (Å²) in [6.45, 7) is 3.87. The number of nitrogens with one attached hydrogen (secondary N) is 1. The molecule has 0 aliphatic carbocycles. The first-order valence-corrected chi connectivity index (χ1v) is 10.7. The van der Waals surface area contributed by atoms with Crippen LogP contribution in [0.1, 0.15) is 32.6 Å². The van der Waals surface area contributed by atoms with Crippen LogP contribution >= 0.6 is 0 Å². The number of sulfonamides is 1. The summed E-state index contributed by atoms with van der Waals surface area (Å²) in [5.41, 5.74) is 0. The van der Waals surface area contributed by atoms with Crippen LogP contribution in [-0.2, 0) is 20.2 Å². The van der Waals surface area contributed by atoms with Crippen LogP contribution in [0, 0.1) is 5.92 Å². The molecular weight excluding hydrogens is 314 g/mol. The molecule has 0 amide bonds. The molecule has 0 saturated carbocycles. The summed E-state index contributed by atoms with van der Waals surface area (Å²) in [7, 11) is -6.79. The first-order chi connectivity index (χ1) is 9.68. The minimum atomic E-state index is -3.47. The Bertz CT molecular complexity index is 561. The third-order valence-corrected chi connectivity index (χ3v) is 6.77. The second-order valence-corrected chi connectivity index (χ2v) is 9.91. The third kappa shape index (κ3) is 4.62. The SMILES string of the molecule is C[C@@H]1CCCN(S(=O)(=O)N2CCC[C@@H](NS(C)(=O)=O)C2)C1. The van der Waals surface area contributed by atoms with Gasteiger partial charge in [0.25, 0.3) is 10.2 Å². The first kappa shape index (κ1) is 17.1. The maximum Gasteiger partial charge on any atom is 0.282 e. The molecule has 0 aromatic heterocycles. The van der Waals surface area contributed by atoms with Crippen LogP contribution in [0.3, 0.4) is 0 Å². The predicted octanol–water partition coefficient (Wildman–Crippen LogP) is -0.0233. The van der Waals surface area contributed by atoms with E-state index < -0.39 is 20.2 Å². The van der Waals surface area contributed by atoms with E-state index >= 15 is 0 Å². The molecule has 7 nitrogen and oxygen atoms in total. The highest BCUT2D eigenvalue weighted by Crippen LogP contribution is 2.23. The van der Waals surface area contributed by atoms with E-state index in [1.54, 1.807) is 4.31 Å². The molecule has 1 N–H and O–H groups in total. The van der Waals surface area contributed by atoms with E-state index in [0.717, 1.165) is 19.1 Å². The molecule has 21 heavy (non-hydrogen) atoms. The second kappa shape index (κ2) is 6.49. The molecule has 2 fully saturated rings. The van der Waals surface area contributed by atoms with Gasteiger partial charge in [0, 0.05) is 32.2 Å². The maximum absolute atomic E-state index is 12.7. The molecule has 0 aromatic rings. The Hall–Kier alpha value is -0.220. The van der Waals surface area contributed by atoms with Crippen molar-refractivity contribution in [2.24, 2.45) is 5.92 Å². The Balaban J connectivity index is 2.05. The van der Waals surface area contributed by atoms with Gasteiger partial charge in [-0.3, -0.25) is 0 Å². The van der Waals surface area contributed by atoms with Crippen molar-refractivity contribution in [3.05, 3.63) is 0 Å². The van der Waals surface area contributed by atoms with Gasteiger partial charge in [0.2, 0.25) is 10.0 Å². The van der Waals surface area contributed by atoms with Gasteiger partial charge in [-0.25, -0.2) is 13.1 Å². The van der Waals surface area contributed by atoms with Gasteiger partial charge in [0.1, 0.15) is 0 Å². The van der Waals surface area contributed by atoms with Gasteiger partial charge < -0.3 is 0 Å². The van der Waals surface area contributed by atoms with Crippen molar-refractivity contribution >= 4 is 20.2 Å². The highest BCUT2D eigenvalue weighted by Gasteiger charge is 2.35. The van der Waals surface area contributed by atoms with E-state index in [2.05, 4.69) is 11.6 Å². The van der Waals surface area contributed by atoms with Gasteiger partial charge in [-0.05, 0) is 31.6 Å². The van der Waals surface area contributed by atoms with Crippen molar-refractivity contribution in [2.45, 2.75) is 38.6 Å². The predicted molar refractivity (Wildman–Crippen MR) is 81.5 cm³/mol.